The number of benzene rings is 2. The van der Waals surface area contributed by atoms with Crippen LogP contribution in [0.1, 0.15) is 66.8 Å². The van der Waals surface area contributed by atoms with Crippen molar-refractivity contribution >= 4 is 15.7 Å². The van der Waals surface area contributed by atoms with Crippen LogP contribution in [0, 0.1) is 12.8 Å². The number of nitrogens with one attached hydrogen (secondary N) is 1. The third-order valence-corrected chi connectivity index (χ3v) is 9.10. The molecule has 2 atom stereocenters. The molecule has 2 aliphatic heterocycles. The molecule has 3 heterocycles. The average Bonchev–Trinajstić information content (AvgIpc) is 3.54. The van der Waals surface area contributed by atoms with Gasteiger partial charge in [-0.1, -0.05) is 31.5 Å². The van der Waals surface area contributed by atoms with Gasteiger partial charge < -0.3 is 19.5 Å². The molecular weight excluding hydrogens is 518 g/mol. The minimum absolute atomic E-state index is 0.0404. The summed E-state index contributed by atoms with van der Waals surface area (Å²) in [5.74, 6) is 1.36. The van der Waals surface area contributed by atoms with Gasteiger partial charge in [-0.3, -0.25) is 9.89 Å². The van der Waals surface area contributed by atoms with Crippen molar-refractivity contribution in [3.8, 4) is 28.5 Å². The molecule has 3 aromatic rings. The molecule has 1 aromatic heterocycles. The summed E-state index contributed by atoms with van der Waals surface area (Å²) >= 11 is 0. The van der Waals surface area contributed by atoms with Crippen molar-refractivity contribution in [2.75, 3.05) is 24.7 Å². The highest BCUT2D eigenvalue weighted by Gasteiger charge is 2.48. The van der Waals surface area contributed by atoms with E-state index in [1.165, 1.54) is 0 Å². The first-order valence-electron chi connectivity index (χ1n) is 13.4. The van der Waals surface area contributed by atoms with E-state index in [1.54, 1.807) is 17.0 Å². The number of nitrogens with zero attached hydrogens (tertiary/aromatic N) is 2. The molecule has 5 rings (SSSR count). The zero-order chi connectivity index (χ0) is 27.9. The van der Waals surface area contributed by atoms with Gasteiger partial charge >= 0.3 is 0 Å². The number of phenolic OH excluding ortho intramolecular Hbond substituents is 1. The number of carbonyl (C=O) groups excluding carboxylic acids is 1. The van der Waals surface area contributed by atoms with Gasteiger partial charge in [0.05, 0.1) is 30.8 Å². The van der Waals surface area contributed by atoms with Gasteiger partial charge in [0, 0.05) is 17.2 Å². The molecule has 2 N–H and O–H groups in total. The number of ether oxygens (including phenoxy) is 2. The number of aryl methyl sites for hydroxylation is 1. The summed E-state index contributed by atoms with van der Waals surface area (Å²) < 4.78 is 36.8. The predicted molar refractivity (Wildman–Crippen MR) is 148 cm³/mol. The highest BCUT2D eigenvalue weighted by Crippen LogP contribution is 2.47. The molecule has 2 aliphatic rings. The topological polar surface area (TPSA) is 122 Å². The maximum Gasteiger partial charge on any atom is 0.273 e. The van der Waals surface area contributed by atoms with Crippen molar-refractivity contribution in [1.29, 1.82) is 0 Å². The Bertz CT molecular complexity index is 1500. The minimum Gasteiger partial charge on any atom is -0.507 e. The summed E-state index contributed by atoms with van der Waals surface area (Å²) in [6.07, 6.45) is 1.26. The fourth-order valence-corrected chi connectivity index (χ4v) is 7.11. The van der Waals surface area contributed by atoms with Crippen LogP contribution in [-0.2, 0) is 9.84 Å². The van der Waals surface area contributed by atoms with E-state index in [2.05, 4.69) is 24.0 Å². The van der Waals surface area contributed by atoms with Gasteiger partial charge in [0.1, 0.15) is 17.1 Å². The second kappa shape index (κ2) is 10.6. The quantitative estimate of drug-likeness (QED) is 0.396. The van der Waals surface area contributed by atoms with Crippen molar-refractivity contribution in [3.63, 3.8) is 0 Å². The number of hydrogen-bond donors (Lipinski definition) is 2. The minimum atomic E-state index is -3.25. The smallest absolute Gasteiger partial charge is 0.273 e. The third kappa shape index (κ3) is 5.22. The highest BCUT2D eigenvalue weighted by atomic mass is 32.2. The Hall–Kier alpha value is -3.53. The number of H-pyrrole nitrogens is 1. The molecule has 0 aliphatic carbocycles. The van der Waals surface area contributed by atoms with Crippen LogP contribution < -0.4 is 9.47 Å². The lowest BCUT2D eigenvalue weighted by Gasteiger charge is -2.31. The number of sulfone groups is 1. The average molecular weight is 554 g/mol. The number of fused-ring (bicyclic) bond motifs is 1. The van der Waals surface area contributed by atoms with Crippen molar-refractivity contribution < 1.29 is 27.8 Å². The molecular formula is C29H35N3O6S. The summed E-state index contributed by atoms with van der Waals surface area (Å²) in [5, 5.41) is 18.0. The van der Waals surface area contributed by atoms with Crippen LogP contribution in [0.15, 0.2) is 36.4 Å². The zero-order valence-corrected chi connectivity index (χ0v) is 23.5. The lowest BCUT2D eigenvalue weighted by molar-refractivity contribution is 0.0677. The summed E-state index contributed by atoms with van der Waals surface area (Å²) in [6, 6.07) is 9.73. The molecule has 9 nitrogen and oxygen atoms in total. The Labute approximate surface area is 229 Å². The van der Waals surface area contributed by atoms with Crippen molar-refractivity contribution in [2.45, 2.75) is 52.6 Å². The summed E-state index contributed by atoms with van der Waals surface area (Å²) in [5.41, 5.74) is 3.56. The molecule has 0 saturated carbocycles. The van der Waals surface area contributed by atoms with Crippen LogP contribution in [0.4, 0.5) is 0 Å². The molecule has 2 unspecified atom stereocenters. The number of phenols is 1. The maximum atomic E-state index is 13.8. The second-order valence-corrected chi connectivity index (χ2v) is 13.0. The Kier molecular flexibility index (Phi) is 7.33. The highest BCUT2D eigenvalue weighted by molar-refractivity contribution is 7.91. The monoisotopic (exact) mass is 553 g/mol. The first kappa shape index (κ1) is 27.1. The molecule has 2 aromatic carbocycles. The summed E-state index contributed by atoms with van der Waals surface area (Å²) in [7, 11) is -3.25. The SMILES string of the molecule is CCOc1cc(C2c3c(-c4cc(C)ccc4O)n[nH]c3C(=O)N2C2CCS(=O)(=O)C2)ccc1OCCC(C)C. The lowest BCUT2D eigenvalue weighted by Crippen LogP contribution is -2.40. The number of rotatable bonds is 9. The van der Waals surface area contributed by atoms with E-state index in [9.17, 15) is 18.3 Å². The van der Waals surface area contributed by atoms with E-state index < -0.39 is 21.9 Å². The van der Waals surface area contributed by atoms with E-state index in [-0.39, 0.29) is 23.2 Å². The third-order valence-electron chi connectivity index (χ3n) is 7.35. The van der Waals surface area contributed by atoms with Crippen LogP contribution in [0.25, 0.3) is 11.3 Å². The fourth-order valence-electron chi connectivity index (χ4n) is 5.40. The molecule has 0 radical (unpaired) electrons. The maximum absolute atomic E-state index is 13.8. The van der Waals surface area contributed by atoms with E-state index in [0.717, 1.165) is 17.5 Å². The normalized spacial score (nSPS) is 20.0. The molecule has 208 valence electrons. The predicted octanol–water partition coefficient (Wildman–Crippen LogP) is 4.65. The second-order valence-electron chi connectivity index (χ2n) is 10.7. The van der Waals surface area contributed by atoms with Gasteiger partial charge in [0.15, 0.2) is 21.3 Å². The Balaban J connectivity index is 1.63. The molecule has 39 heavy (non-hydrogen) atoms. The molecule has 0 spiro atoms. The molecule has 10 heteroatoms. The fraction of sp³-hybridized carbons (Fsp3) is 0.448. The number of hydrogen-bond acceptors (Lipinski definition) is 7. The van der Waals surface area contributed by atoms with Gasteiger partial charge in [-0.05, 0) is 62.4 Å². The van der Waals surface area contributed by atoms with Gasteiger partial charge in [-0.15, -0.1) is 0 Å². The number of aromatic amines is 1. The van der Waals surface area contributed by atoms with Crippen LogP contribution in [0.2, 0.25) is 0 Å². The number of carbonyl (C=O) groups is 1. The van der Waals surface area contributed by atoms with Gasteiger partial charge in [0.2, 0.25) is 0 Å². The largest absolute Gasteiger partial charge is 0.507 e. The Morgan fingerprint density at radius 2 is 1.95 bits per heavy atom. The van der Waals surface area contributed by atoms with E-state index in [1.807, 2.05) is 38.1 Å². The molecule has 1 amide bonds. The number of amides is 1. The van der Waals surface area contributed by atoms with Crippen molar-refractivity contribution in [2.24, 2.45) is 5.92 Å². The molecule has 0 bridgehead atoms. The van der Waals surface area contributed by atoms with E-state index >= 15 is 0 Å². The van der Waals surface area contributed by atoms with Gasteiger partial charge in [-0.2, -0.15) is 5.10 Å². The first-order valence-corrected chi connectivity index (χ1v) is 15.2. The molecule has 1 fully saturated rings. The van der Waals surface area contributed by atoms with Gasteiger partial charge in [-0.25, -0.2) is 8.42 Å². The van der Waals surface area contributed by atoms with Crippen LogP contribution >= 0.6 is 0 Å². The van der Waals surface area contributed by atoms with Crippen molar-refractivity contribution in [1.82, 2.24) is 15.1 Å². The lowest BCUT2D eigenvalue weighted by atomic mass is 9.94. The summed E-state index contributed by atoms with van der Waals surface area (Å²) in [6.45, 7) is 9.06. The molecule has 1 saturated heterocycles. The number of aromatic nitrogens is 2. The van der Waals surface area contributed by atoms with Crippen LogP contribution in [0.3, 0.4) is 0 Å². The Morgan fingerprint density at radius 3 is 2.64 bits per heavy atom. The van der Waals surface area contributed by atoms with E-state index in [0.29, 0.717) is 59.6 Å². The zero-order valence-electron chi connectivity index (χ0n) is 22.7. The van der Waals surface area contributed by atoms with Crippen LogP contribution in [-0.4, -0.2) is 65.3 Å². The number of aromatic hydroxyl groups is 1. The standard InChI is InChI=1S/C29H35N3O6S/c1-5-37-24-15-19(7-9-23(24)38-12-10-17(2)3)28-25-26(21-14-18(4)6-8-22(21)33)30-31-27(25)29(34)32(28)20-11-13-39(35,36)16-20/h6-9,14-15,17,20,28,33H,5,10-13,16H2,1-4H3,(H,30,31). The van der Waals surface area contributed by atoms with E-state index in [4.69, 9.17) is 9.47 Å². The van der Waals surface area contributed by atoms with Crippen LogP contribution in [0.5, 0.6) is 17.2 Å². The van der Waals surface area contributed by atoms with Crippen molar-refractivity contribution in [3.05, 3.63) is 58.8 Å². The van der Waals surface area contributed by atoms with Gasteiger partial charge in [0.25, 0.3) is 5.91 Å². The Morgan fingerprint density at radius 1 is 1.15 bits per heavy atom. The summed E-state index contributed by atoms with van der Waals surface area (Å²) in [4.78, 5) is 15.5. The first-order chi connectivity index (χ1) is 18.6.